The van der Waals surface area contributed by atoms with Crippen molar-refractivity contribution in [2.45, 2.75) is 18.6 Å². The van der Waals surface area contributed by atoms with Crippen molar-refractivity contribution in [2.75, 3.05) is 31.4 Å². The zero-order valence-electron chi connectivity index (χ0n) is 16.4. The Kier molecular flexibility index (Phi) is 7.26. The topological polar surface area (TPSA) is 82.5 Å². The quantitative estimate of drug-likeness (QED) is 0.426. The Bertz CT molecular complexity index is 985. The maximum Gasteiger partial charge on any atom is 0.338 e. The number of hydrogen-bond donors (Lipinski definition) is 1. The van der Waals surface area contributed by atoms with Gasteiger partial charge in [0.25, 0.3) is 0 Å². The molecular formula is C21H23N3O4S. The average molecular weight is 413 g/mol. The number of nitrogens with one attached hydrogen (secondary N) is 1. The summed E-state index contributed by atoms with van der Waals surface area (Å²) in [5.41, 5.74) is 2.98. The molecule has 1 N–H and O–H groups in total. The molecular weight excluding hydrogens is 390 g/mol. The third-order valence-electron chi connectivity index (χ3n) is 4.15. The number of imidazole rings is 1. The van der Waals surface area contributed by atoms with Gasteiger partial charge in [0.15, 0.2) is 5.16 Å². The Balaban J connectivity index is 1.62. The van der Waals surface area contributed by atoms with Gasteiger partial charge in [-0.05, 0) is 43.3 Å². The van der Waals surface area contributed by atoms with Crippen molar-refractivity contribution in [2.24, 2.45) is 0 Å². The number of thioether (sulfide) groups is 1. The number of anilines is 1. The van der Waals surface area contributed by atoms with Crippen LogP contribution in [0.25, 0.3) is 11.0 Å². The van der Waals surface area contributed by atoms with E-state index >= 15 is 0 Å². The number of benzene rings is 2. The number of fused-ring (bicyclic) bond motifs is 1. The Labute approximate surface area is 173 Å². The number of hydrogen-bond acceptors (Lipinski definition) is 6. The summed E-state index contributed by atoms with van der Waals surface area (Å²) in [4.78, 5) is 28.7. The molecule has 0 aliphatic heterocycles. The first kappa shape index (κ1) is 20.9. The van der Waals surface area contributed by atoms with E-state index in [9.17, 15) is 9.59 Å². The molecule has 7 nitrogen and oxygen atoms in total. The smallest absolute Gasteiger partial charge is 0.338 e. The van der Waals surface area contributed by atoms with Crippen molar-refractivity contribution in [1.82, 2.24) is 9.55 Å². The van der Waals surface area contributed by atoms with Crippen LogP contribution in [0.5, 0.6) is 0 Å². The van der Waals surface area contributed by atoms with Gasteiger partial charge in [0.05, 0.1) is 35.6 Å². The predicted octanol–water partition coefficient (Wildman–Crippen LogP) is 3.59. The van der Waals surface area contributed by atoms with Gasteiger partial charge in [-0.15, -0.1) is 0 Å². The third-order valence-corrected chi connectivity index (χ3v) is 5.13. The minimum absolute atomic E-state index is 0.149. The van der Waals surface area contributed by atoms with E-state index in [1.807, 2.05) is 24.3 Å². The Morgan fingerprint density at radius 3 is 2.62 bits per heavy atom. The van der Waals surface area contributed by atoms with E-state index in [2.05, 4.69) is 14.9 Å². The number of aromatic nitrogens is 2. The number of para-hydroxylation sites is 2. The third kappa shape index (κ3) is 5.36. The Morgan fingerprint density at radius 2 is 1.90 bits per heavy atom. The first-order valence-corrected chi connectivity index (χ1v) is 10.2. The maximum absolute atomic E-state index is 12.4. The molecule has 8 heteroatoms. The van der Waals surface area contributed by atoms with Gasteiger partial charge in [0.1, 0.15) is 0 Å². The summed E-state index contributed by atoms with van der Waals surface area (Å²) in [5, 5.41) is 3.61. The summed E-state index contributed by atoms with van der Waals surface area (Å²) >= 11 is 1.38. The summed E-state index contributed by atoms with van der Waals surface area (Å²) in [5.74, 6) is -0.309. The Hall–Kier alpha value is -2.84. The van der Waals surface area contributed by atoms with E-state index in [0.29, 0.717) is 31.0 Å². The van der Waals surface area contributed by atoms with E-state index in [1.165, 1.54) is 11.8 Å². The number of methoxy groups -OCH3 is 1. The molecule has 0 radical (unpaired) electrons. The lowest BCUT2D eigenvalue weighted by molar-refractivity contribution is -0.113. The average Bonchev–Trinajstić information content (AvgIpc) is 3.09. The predicted molar refractivity (Wildman–Crippen MR) is 113 cm³/mol. The molecule has 2 aromatic carbocycles. The minimum Gasteiger partial charge on any atom is -0.462 e. The summed E-state index contributed by atoms with van der Waals surface area (Å²) in [6, 6.07) is 14.5. The van der Waals surface area contributed by atoms with Crippen LogP contribution in [-0.2, 0) is 20.8 Å². The fourth-order valence-electron chi connectivity index (χ4n) is 2.79. The highest BCUT2D eigenvalue weighted by Crippen LogP contribution is 2.24. The maximum atomic E-state index is 12.4. The normalized spacial score (nSPS) is 10.8. The van der Waals surface area contributed by atoms with Gasteiger partial charge < -0.3 is 19.4 Å². The lowest BCUT2D eigenvalue weighted by Crippen LogP contribution is -2.15. The number of carbonyl (C=O) groups is 2. The SMILES string of the molecule is CCOC(=O)c1ccc(NC(=O)CSc2nc3ccccc3n2CCOC)cc1. The highest BCUT2D eigenvalue weighted by molar-refractivity contribution is 7.99. The molecule has 0 spiro atoms. The summed E-state index contributed by atoms with van der Waals surface area (Å²) < 4.78 is 12.2. The molecule has 0 fully saturated rings. The van der Waals surface area contributed by atoms with Crippen molar-refractivity contribution in [1.29, 1.82) is 0 Å². The minimum atomic E-state index is -0.379. The van der Waals surface area contributed by atoms with Crippen LogP contribution < -0.4 is 5.32 Å². The summed E-state index contributed by atoms with van der Waals surface area (Å²) in [6.07, 6.45) is 0. The van der Waals surface area contributed by atoms with Crippen LogP contribution in [-0.4, -0.2) is 47.5 Å². The van der Waals surface area contributed by atoms with Crippen LogP contribution in [0.4, 0.5) is 5.69 Å². The van der Waals surface area contributed by atoms with Gasteiger partial charge in [0.2, 0.25) is 5.91 Å². The van der Waals surface area contributed by atoms with E-state index in [0.717, 1.165) is 16.2 Å². The molecule has 3 rings (SSSR count). The second-order valence-corrected chi connectivity index (χ2v) is 7.10. The molecule has 3 aromatic rings. The van der Waals surface area contributed by atoms with Gasteiger partial charge in [-0.25, -0.2) is 9.78 Å². The van der Waals surface area contributed by atoms with Crippen LogP contribution in [0, 0.1) is 0 Å². The summed E-state index contributed by atoms with van der Waals surface area (Å²) in [7, 11) is 1.66. The van der Waals surface area contributed by atoms with Gasteiger partial charge in [-0.2, -0.15) is 0 Å². The van der Waals surface area contributed by atoms with E-state index in [1.54, 1.807) is 38.3 Å². The number of ether oxygens (including phenoxy) is 2. The second kappa shape index (κ2) is 10.1. The number of carbonyl (C=O) groups excluding carboxylic acids is 2. The van der Waals surface area contributed by atoms with Gasteiger partial charge >= 0.3 is 5.97 Å². The molecule has 1 amide bonds. The lowest BCUT2D eigenvalue weighted by atomic mass is 10.2. The monoisotopic (exact) mass is 413 g/mol. The van der Waals surface area contributed by atoms with Crippen LogP contribution in [0.2, 0.25) is 0 Å². The summed E-state index contributed by atoms with van der Waals surface area (Å²) in [6.45, 7) is 3.31. The molecule has 1 aromatic heterocycles. The van der Waals surface area contributed by atoms with Crippen molar-refractivity contribution in [3.63, 3.8) is 0 Å². The van der Waals surface area contributed by atoms with Crippen molar-refractivity contribution in [3.05, 3.63) is 54.1 Å². The highest BCUT2D eigenvalue weighted by Gasteiger charge is 2.13. The number of esters is 1. The molecule has 29 heavy (non-hydrogen) atoms. The molecule has 1 heterocycles. The van der Waals surface area contributed by atoms with Gasteiger partial charge in [0, 0.05) is 19.3 Å². The second-order valence-electron chi connectivity index (χ2n) is 6.16. The van der Waals surface area contributed by atoms with Crippen LogP contribution in [0.3, 0.4) is 0 Å². The van der Waals surface area contributed by atoms with Crippen molar-refractivity contribution >= 4 is 40.4 Å². The molecule has 0 saturated heterocycles. The fraction of sp³-hybridized carbons (Fsp3) is 0.286. The van der Waals surface area contributed by atoms with E-state index in [4.69, 9.17) is 9.47 Å². The van der Waals surface area contributed by atoms with Crippen molar-refractivity contribution < 1.29 is 19.1 Å². The number of amides is 1. The zero-order chi connectivity index (χ0) is 20.6. The standard InChI is InChI=1S/C21H23N3O4S/c1-3-28-20(26)15-8-10-16(11-9-15)22-19(25)14-29-21-23-17-6-4-5-7-18(17)24(21)12-13-27-2/h4-11H,3,12-14H2,1-2H3,(H,22,25). The van der Waals surface area contributed by atoms with Crippen LogP contribution in [0.15, 0.2) is 53.7 Å². The molecule has 0 bridgehead atoms. The van der Waals surface area contributed by atoms with Gasteiger partial charge in [-0.1, -0.05) is 23.9 Å². The zero-order valence-corrected chi connectivity index (χ0v) is 17.2. The molecule has 152 valence electrons. The molecule has 0 unspecified atom stereocenters. The molecule has 0 saturated carbocycles. The van der Waals surface area contributed by atoms with E-state index in [-0.39, 0.29) is 17.6 Å². The molecule has 0 atom stereocenters. The van der Waals surface area contributed by atoms with Crippen molar-refractivity contribution in [3.8, 4) is 0 Å². The highest BCUT2D eigenvalue weighted by atomic mass is 32.2. The van der Waals surface area contributed by atoms with Crippen LogP contribution >= 0.6 is 11.8 Å². The lowest BCUT2D eigenvalue weighted by Gasteiger charge is -2.09. The van der Waals surface area contributed by atoms with Crippen LogP contribution in [0.1, 0.15) is 17.3 Å². The molecule has 0 aliphatic carbocycles. The largest absolute Gasteiger partial charge is 0.462 e. The fourth-order valence-corrected chi connectivity index (χ4v) is 3.63. The molecule has 0 aliphatic rings. The first-order chi connectivity index (χ1) is 14.1. The van der Waals surface area contributed by atoms with E-state index < -0.39 is 0 Å². The van der Waals surface area contributed by atoms with Gasteiger partial charge in [-0.3, -0.25) is 4.79 Å². The number of nitrogens with zero attached hydrogens (tertiary/aromatic N) is 2. The number of rotatable bonds is 9. The first-order valence-electron chi connectivity index (χ1n) is 9.26. The Morgan fingerprint density at radius 1 is 1.14 bits per heavy atom.